The molecule has 2 aromatic rings. The molecule has 3 heterocycles. The average molecular weight is 420 g/mol. The van der Waals surface area contributed by atoms with Crippen LogP contribution in [0.5, 0.6) is 0 Å². The summed E-state index contributed by atoms with van der Waals surface area (Å²) in [5.74, 6) is 1.89. The monoisotopic (exact) mass is 419 g/mol. The SMILES string of the molecule is C/C=c1/c(N)nc(-c2cnccc2C)c/c1=C/C(=C/CC)NC=O.O=C1NCC2CC12. The number of hydrogen-bond acceptors (Lipinski definition) is 5. The van der Waals surface area contributed by atoms with Crippen molar-refractivity contribution in [2.24, 2.45) is 11.8 Å². The molecule has 1 aliphatic heterocycles. The summed E-state index contributed by atoms with van der Waals surface area (Å²) < 4.78 is 0. The topological polar surface area (TPSA) is 110 Å². The van der Waals surface area contributed by atoms with E-state index in [2.05, 4.69) is 20.6 Å². The highest BCUT2D eigenvalue weighted by molar-refractivity contribution is 5.84. The van der Waals surface area contributed by atoms with Gasteiger partial charge in [0.2, 0.25) is 12.3 Å². The normalized spacial score (nSPS) is 20.5. The Morgan fingerprint density at radius 1 is 1.42 bits per heavy atom. The Morgan fingerprint density at radius 2 is 2.23 bits per heavy atom. The second kappa shape index (κ2) is 10.0. The van der Waals surface area contributed by atoms with Crippen molar-refractivity contribution in [2.45, 2.75) is 33.6 Å². The van der Waals surface area contributed by atoms with Crippen LogP contribution in [-0.2, 0) is 9.59 Å². The lowest BCUT2D eigenvalue weighted by Gasteiger charge is -2.07. The lowest BCUT2D eigenvalue weighted by atomic mass is 10.1. The molecule has 7 nitrogen and oxygen atoms in total. The van der Waals surface area contributed by atoms with E-state index in [-0.39, 0.29) is 5.91 Å². The number of amides is 2. The smallest absolute Gasteiger partial charge is 0.223 e. The third-order valence-electron chi connectivity index (χ3n) is 5.48. The van der Waals surface area contributed by atoms with Gasteiger partial charge in [-0.15, -0.1) is 0 Å². The molecule has 4 N–H and O–H groups in total. The van der Waals surface area contributed by atoms with E-state index in [0.717, 1.165) is 58.3 Å². The first-order chi connectivity index (χ1) is 15.0. The number of nitrogens with two attached hydrogens (primary N) is 1. The molecule has 0 aromatic carbocycles. The molecule has 2 aliphatic rings. The summed E-state index contributed by atoms with van der Waals surface area (Å²) in [5.41, 5.74) is 9.66. The maximum atomic E-state index is 10.8. The number of anilines is 1. The zero-order chi connectivity index (χ0) is 22.4. The number of carbonyl (C=O) groups is 2. The zero-order valence-corrected chi connectivity index (χ0v) is 18.2. The van der Waals surface area contributed by atoms with Crippen LogP contribution in [0.4, 0.5) is 5.82 Å². The molecular formula is C24H29N5O2. The Kier molecular flexibility index (Phi) is 7.18. The van der Waals surface area contributed by atoms with Gasteiger partial charge in [0.1, 0.15) is 5.82 Å². The van der Waals surface area contributed by atoms with Crippen LogP contribution in [0.1, 0.15) is 32.3 Å². The number of nitrogens with one attached hydrogen (secondary N) is 2. The number of nitrogen functional groups attached to an aromatic ring is 1. The van der Waals surface area contributed by atoms with E-state index in [9.17, 15) is 9.59 Å². The van der Waals surface area contributed by atoms with Gasteiger partial charge in [0.15, 0.2) is 0 Å². The number of hydrogen-bond donors (Lipinski definition) is 3. The Balaban J connectivity index is 0.000000322. The van der Waals surface area contributed by atoms with Crippen molar-refractivity contribution in [1.29, 1.82) is 0 Å². The van der Waals surface area contributed by atoms with Crippen molar-refractivity contribution >= 4 is 30.3 Å². The van der Waals surface area contributed by atoms with Crippen LogP contribution < -0.4 is 26.8 Å². The van der Waals surface area contributed by atoms with Gasteiger partial charge in [-0.2, -0.15) is 0 Å². The number of aryl methyl sites for hydroxylation is 1. The molecule has 0 radical (unpaired) electrons. The van der Waals surface area contributed by atoms with Crippen molar-refractivity contribution in [3.63, 3.8) is 0 Å². The minimum absolute atomic E-state index is 0.282. The minimum Gasteiger partial charge on any atom is -0.383 e. The summed E-state index contributed by atoms with van der Waals surface area (Å²) in [5, 5.41) is 7.23. The molecule has 1 aliphatic carbocycles. The molecule has 1 saturated heterocycles. The summed E-state index contributed by atoms with van der Waals surface area (Å²) >= 11 is 0. The van der Waals surface area contributed by atoms with Gasteiger partial charge < -0.3 is 16.4 Å². The fourth-order valence-electron chi connectivity index (χ4n) is 3.67. The molecule has 1 saturated carbocycles. The van der Waals surface area contributed by atoms with Gasteiger partial charge in [-0.1, -0.05) is 19.1 Å². The van der Waals surface area contributed by atoms with Gasteiger partial charge >= 0.3 is 0 Å². The van der Waals surface area contributed by atoms with Crippen LogP contribution >= 0.6 is 0 Å². The summed E-state index contributed by atoms with van der Waals surface area (Å²) in [4.78, 5) is 30.0. The number of aromatic nitrogens is 2. The molecule has 2 amide bonds. The van der Waals surface area contributed by atoms with E-state index >= 15 is 0 Å². The minimum atomic E-state index is 0.282. The summed E-state index contributed by atoms with van der Waals surface area (Å²) in [6, 6.07) is 3.90. The third kappa shape index (κ3) is 5.36. The Bertz CT molecular complexity index is 1120. The number of rotatable bonds is 5. The van der Waals surface area contributed by atoms with E-state index in [4.69, 9.17) is 5.73 Å². The first-order valence-corrected chi connectivity index (χ1v) is 10.5. The number of nitrogens with zero attached hydrogens (tertiary/aromatic N) is 2. The molecule has 4 rings (SSSR count). The number of fused-ring (bicyclic) bond motifs is 1. The van der Waals surface area contributed by atoms with Crippen LogP contribution in [0.3, 0.4) is 0 Å². The molecule has 2 fully saturated rings. The van der Waals surface area contributed by atoms with Crippen LogP contribution in [0, 0.1) is 18.8 Å². The first kappa shape index (κ1) is 22.2. The standard InChI is InChI=1S/C19H22N4O.C5H7NO/c1-4-6-15(22-12-24)9-14-10-18(23-19(20)16(14)5-2)17-11-21-8-7-13(17)3;7-5-4-1-3(4)2-6-5/h5-12H,4H2,1-3H3,(H2,20,23)(H,22,24);3-4H,1-2H2,(H,6,7)/b14-9-,15-6-,16-5+;. The van der Waals surface area contributed by atoms with Crippen molar-refractivity contribution in [2.75, 3.05) is 12.3 Å². The van der Waals surface area contributed by atoms with Gasteiger partial charge in [0, 0.05) is 41.3 Å². The maximum absolute atomic E-state index is 10.8. The van der Waals surface area contributed by atoms with Crippen molar-refractivity contribution in [3.8, 4) is 11.3 Å². The van der Waals surface area contributed by atoms with E-state index in [1.165, 1.54) is 0 Å². The third-order valence-corrected chi connectivity index (χ3v) is 5.48. The molecule has 2 atom stereocenters. The molecule has 2 unspecified atom stereocenters. The van der Waals surface area contributed by atoms with Crippen molar-refractivity contribution in [3.05, 3.63) is 52.3 Å². The average Bonchev–Trinajstić information content (AvgIpc) is 3.45. The lowest BCUT2D eigenvalue weighted by molar-refractivity contribution is -0.120. The Labute approximate surface area is 182 Å². The van der Waals surface area contributed by atoms with Gasteiger partial charge in [0.05, 0.1) is 5.69 Å². The predicted octanol–water partition coefficient (Wildman–Crippen LogP) is 1.41. The molecule has 162 valence electrons. The highest BCUT2D eigenvalue weighted by Gasteiger charge is 2.47. The molecule has 0 bridgehead atoms. The number of pyridine rings is 2. The quantitative estimate of drug-likeness (QED) is 0.635. The van der Waals surface area contributed by atoms with Gasteiger partial charge in [-0.05, 0) is 61.6 Å². The van der Waals surface area contributed by atoms with E-state index in [1.54, 1.807) is 12.4 Å². The van der Waals surface area contributed by atoms with E-state index in [0.29, 0.717) is 18.1 Å². The lowest BCUT2D eigenvalue weighted by Crippen LogP contribution is -2.30. The molecule has 31 heavy (non-hydrogen) atoms. The van der Waals surface area contributed by atoms with Crippen LogP contribution in [0.2, 0.25) is 0 Å². The van der Waals surface area contributed by atoms with E-state index < -0.39 is 0 Å². The van der Waals surface area contributed by atoms with E-state index in [1.807, 2.05) is 51.1 Å². The summed E-state index contributed by atoms with van der Waals surface area (Å²) in [6.07, 6.45) is 11.9. The second-order valence-corrected chi connectivity index (χ2v) is 7.70. The Hall–Kier alpha value is -3.48. The highest BCUT2D eigenvalue weighted by Crippen LogP contribution is 2.41. The molecule has 7 heteroatoms. The fourth-order valence-corrected chi connectivity index (χ4v) is 3.67. The second-order valence-electron chi connectivity index (χ2n) is 7.70. The maximum Gasteiger partial charge on any atom is 0.223 e. The highest BCUT2D eigenvalue weighted by atomic mass is 16.2. The largest absolute Gasteiger partial charge is 0.383 e. The molecular weight excluding hydrogens is 390 g/mol. The molecule has 2 aromatic heterocycles. The number of allylic oxidation sites excluding steroid dienone is 2. The Morgan fingerprint density at radius 3 is 2.74 bits per heavy atom. The van der Waals surface area contributed by atoms with Crippen LogP contribution in [0.15, 0.2) is 36.3 Å². The van der Waals surface area contributed by atoms with Gasteiger partial charge in [-0.25, -0.2) is 4.98 Å². The van der Waals surface area contributed by atoms with Crippen molar-refractivity contribution < 1.29 is 9.59 Å². The fraction of sp³-hybridized carbons (Fsp3) is 0.333. The van der Waals surface area contributed by atoms with Crippen LogP contribution in [0.25, 0.3) is 23.4 Å². The van der Waals surface area contributed by atoms with Crippen molar-refractivity contribution in [1.82, 2.24) is 20.6 Å². The number of carbonyl (C=O) groups excluding carboxylic acids is 2. The van der Waals surface area contributed by atoms with Gasteiger partial charge in [0.25, 0.3) is 0 Å². The predicted molar refractivity (Wildman–Crippen MR) is 123 cm³/mol. The van der Waals surface area contributed by atoms with Crippen LogP contribution in [-0.4, -0.2) is 28.8 Å². The first-order valence-electron chi connectivity index (χ1n) is 10.5. The zero-order valence-electron chi connectivity index (χ0n) is 18.2. The molecule has 0 spiro atoms. The summed E-state index contributed by atoms with van der Waals surface area (Å²) in [6.45, 7) is 6.88. The summed E-state index contributed by atoms with van der Waals surface area (Å²) in [7, 11) is 0. The van der Waals surface area contributed by atoms with Gasteiger partial charge in [-0.3, -0.25) is 14.6 Å². The number of piperidine rings is 1.